The van der Waals surface area contributed by atoms with Gasteiger partial charge in [-0.25, -0.2) is 0 Å². The third-order valence-corrected chi connectivity index (χ3v) is 9.30. The summed E-state index contributed by atoms with van der Waals surface area (Å²) >= 11 is 0. The molecule has 44 heavy (non-hydrogen) atoms. The summed E-state index contributed by atoms with van der Waals surface area (Å²) in [5, 5.41) is 19.4. The van der Waals surface area contributed by atoms with Gasteiger partial charge < -0.3 is 14.7 Å². The van der Waals surface area contributed by atoms with Crippen LogP contribution in [0, 0.1) is 41.5 Å². The van der Waals surface area contributed by atoms with Crippen LogP contribution in [0.1, 0.15) is 96.4 Å². The number of carbonyl (C=O) groups excluding carboxylic acids is 3. The van der Waals surface area contributed by atoms with E-state index in [1.807, 2.05) is 53.6 Å². The van der Waals surface area contributed by atoms with Crippen LogP contribution in [0.3, 0.4) is 0 Å². The molecule has 0 fully saturated rings. The van der Waals surface area contributed by atoms with Gasteiger partial charge in [-0.1, -0.05) is 37.4 Å². The molecule has 230 valence electrons. The Labute approximate surface area is 264 Å². The molecule has 3 aromatic carbocycles. The molecule has 0 saturated heterocycles. The van der Waals surface area contributed by atoms with Crippen molar-refractivity contribution in [1.29, 1.82) is 0 Å². The number of Topliss-reactive ketones (excluding diaryl/α,β-unsaturated/α-hetero) is 3. The van der Waals surface area contributed by atoms with Crippen LogP contribution in [0.4, 0.5) is 0 Å². The smallest absolute Gasteiger partial charge is 0.324 e. The number of ketones is 3. The van der Waals surface area contributed by atoms with Crippen LogP contribution in [-0.2, 0) is 17.7 Å². The van der Waals surface area contributed by atoms with Gasteiger partial charge in [0.25, 0.3) is 0 Å². The van der Waals surface area contributed by atoms with Gasteiger partial charge in [0, 0.05) is 16.7 Å². The molecule has 2 N–H and O–H groups in total. The summed E-state index contributed by atoms with van der Waals surface area (Å²) in [6, 6.07) is 7.65. The average molecular weight is 594 g/mol. The van der Waals surface area contributed by atoms with E-state index in [0.717, 1.165) is 73.7 Å². The second-order valence-corrected chi connectivity index (χ2v) is 12.3. The maximum atomic E-state index is 11.7. The molecule has 5 rings (SSSR count). The van der Waals surface area contributed by atoms with Crippen LogP contribution < -0.4 is 16.4 Å². The number of rotatable bonds is 4. The fraction of sp³-hybridized carbons (Fsp3) is 0.400. The van der Waals surface area contributed by atoms with Crippen LogP contribution in [0.2, 0.25) is 20.0 Å². The Bertz CT molecular complexity index is 1630. The Hall–Kier alpha value is -3.26. The minimum Gasteiger partial charge on any atom is -0.446 e. The van der Waals surface area contributed by atoms with E-state index >= 15 is 0 Å². The highest BCUT2D eigenvalue weighted by molar-refractivity contribution is 6.69. The lowest BCUT2D eigenvalue weighted by Gasteiger charge is -2.17. The first-order valence-corrected chi connectivity index (χ1v) is 15.4. The van der Waals surface area contributed by atoms with Crippen LogP contribution in [-0.4, -0.2) is 48.1 Å². The summed E-state index contributed by atoms with van der Waals surface area (Å²) in [6.45, 7) is 20.3. The molecule has 3 aromatic rings. The van der Waals surface area contributed by atoms with Crippen molar-refractivity contribution in [2.75, 3.05) is 0 Å². The highest BCUT2D eigenvalue weighted by Crippen LogP contribution is 2.26. The maximum absolute atomic E-state index is 11.7. The van der Waals surface area contributed by atoms with Gasteiger partial charge >= 0.3 is 20.7 Å². The van der Waals surface area contributed by atoms with E-state index in [0.29, 0.717) is 6.61 Å². The molecule has 2 heterocycles. The Morgan fingerprint density at radius 1 is 0.818 bits per heavy atom. The summed E-state index contributed by atoms with van der Waals surface area (Å²) in [6.07, 6.45) is 1.72. The Kier molecular flexibility index (Phi) is 11.4. The lowest BCUT2D eigenvalue weighted by Crippen LogP contribution is -2.31. The third kappa shape index (κ3) is 7.17. The van der Waals surface area contributed by atoms with E-state index < -0.39 is 6.92 Å². The van der Waals surface area contributed by atoms with E-state index in [4.69, 9.17) is 4.65 Å². The molecule has 0 radical (unpaired) electrons. The van der Waals surface area contributed by atoms with Crippen LogP contribution >= 0.6 is 0 Å². The van der Waals surface area contributed by atoms with E-state index in [1.165, 1.54) is 16.6 Å². The molecule has 0 aliphatic carbocycles. The van der Waals surface area contributed by atoms with E-state index in [1.54, 1.807) is 33.7 Å². The predicted octanol–water partition coefficient (Wildman–Crippen LogP) is 4.44. The highest BCUT2D eigenvalue weighted by Gasteiger charge is 2.31. The average Bonchev–Trinajstić information content (AvgIpc) is 3.50. The minimum absolute atomic E-state index is 0.0720. The Morgan fingerprint density at radius 3 is 1.98 bits per heavy atom. The van der Waals surface area contributed by atoms with Gasteiger partial charge in [0.15, 0.2) is 17.3 Å². The summed E-state index contributed by atoms with van der Waals surface area (Å²) in [5.74, 6) is 0.299. The lowest BCUT2D eigenvalue weighted by atomic mass is 9.60. The van der Waals surface area contributed by atoms with Crippen molar-refractivity contribution in [3.63, 3.8) is 0 Å². The second kappa shape index (κ2) is 14.2. The fourth-order valence-corrected chi connectivity index (χ4v) is 6.62. The fourth-order valence-electron chi connectivity index (χ4n) is 6.62. The summed E-state index contributed by atoms with van der Waals surface area (Å²) in [5.41, 5.74) is 14.2. The van der Waals surface area contributed by atoms with Crippen molar-refractivity contribution in [3.05, 3.63) is 85.5 Å². The van der Waals surface area contributed by atoms with E-state index in [9.17, 15) is 24.4 Å². The zero-order chi connectivity index (χ0) is 33.2. The molecule has 0 saturated carbocycles. The molecule has 2 aliphatic heterocycles. The first-order valence-electron chi connectivity index (χ1n) is 15.4. The van der Waals surface area contributed by atoms with E-state index in [-0.39, 0.29) is 31.2 Å². The van der Waals surface area contributed by atoms with Gasteiger partial charge in [-0.05, 0) is 136 Å². The summed E-state index contributed by atoms with van der Waals surface area (Å²) in [4.78, 5) is 34.2. The first-order chi connectivity index (χ1) is 20.5. The second-order valence-electron chi connectivity index (χ2n) is 12.3. The van der Waals surface area contributed by atoms with Crippen LogP contribution in [0.15, 0.2) is 24.3 Å². The van der Waals surface area contributed by atoms with Gasteiger partial charge in [-0.15, -0.1) is 0 Å². The topological polar surface area (TPSA) is 101 Å². The van der Waals surface area contributed by atoms with Gasteiger partial charge in [0.05, 0.1) is 6.61 Å². The van der Waals surface area contributed by atoms with Crippen LogP contribution in [0.25, 0.3) is 0 Å². The third-order valence-electron chi connectivity index (χ3n) is 9.30. The zero-order valence-electron chi connectivity index (χ0n) is 28.2. The van der Waals surface area contributed by atoms with Crippen LogP contribution in [0.5, 0.6) is 0 Å². The quantitative estimate of drug-likeness (QED) is 0.343. The molecular formula is C35H45B3O6. The van der Waals surface area contributed by atoms with Gasteiger partial charge in [-0.2, -0.15) is 0 Å². The normalized spacial score (nSPS) is 12.9. The number of fused-ring (bicyclic) bond motifs is 2. The van der Waals surface area contributed by atoms with Crippen molar-refractivity contribution in [3.8, 4) is 0 Å². The van der Waals surface area contributed by atoms with Crippen molar-refractivity contribution >= 4 is 54.5 Å². The molecule has 9 heteroatoms. The van der Waals surface area contributed by atoms with Crippen molar-refractivity contribution in [1.82, 2.24) is 0 Å². The van der Waals surface area contributed by atoms with Crippen molar-refractivity contribution in [2.45, 2.75) is 95.3 Å². The van der Waals surface area contributed by atoms with Gasteiger partial charge in [0.1, 0.15) is 0 Å². The molecule has 0 bridgehead atoms. The maximum Gasteiger partial charge on any atom is 0.324 e. The van der Waals surface area contributed by atoms with E-state index in [2.05, 4.69) is 13.0 Å². The van der Waals surface area contributed by atoms with Gasteiger partial charge in [0.2, 0.25) is 0 Å². The molecule has 0 atom stereocenters. The molecule has 0 spiro atoms. The number of carbonyl (C=O) groups is 3. The summed E-state index contributed by atoms with van der Waals surface area (Å²) < 4.78 is 5.50. The van der Waals surface area contributed by atoms with Gasteiger partial charge in [-0.3, -0.25) is 14.4 Å². The SMILES string of the molecule is CB(O)c1ccc(C(C)=O)c(C)c1C.CB1OCc2cc(C(C)=O)c(C)cc21.CC(=O)c1c(C)c(C)c2c(c1C)B(O)CC2. The summed E-state index contributed by atoms with van der Waals surface area (Å²) in [7, 11) is 0. The molecular weight excluding hydrogens is 549 g/mol. The number of aryl methyl sites for hydroxylation is 1. The highest BCUT2D eigenvalue weighted by atomic mass is 16.4. The zero-order valence-corrected chi connectivity index (χ0v) is 28.2. The van der Waals surface area contributed by atoms with Crippen molar-refractivity contribution < 1.29 is 29.1 Å². The number of benzene rings is 3. The Morgan fingerprint density at radius 2 is 1.43 bits per heavy atom. The molecule has 0 unspecified atom stereocenters. The Balaban J connectivity index is 0.000000181. The molecule has 0 aromatic heterocycles. The minimum atomic E-state index is -0.477. The molecule has 2 aliphatic rings. The lowest BCUT2D eigenvalue weighted by molar-refractivity contribution is 0.100. The number of hydrogen-bond donors (Lipinski definition) is 2. The standard InChI is InChI=1S/C13H17BO2.C11H13BO2.C11H15BO2/c1-7-8(2)12(10(4)15)9(3)13-11(7)5-6-14(13)16;1-7-4-11-9(6-14-12(11)3)5-10(7)8(2)13;1-7-8(2)11(12(4)14)6-5-10(7)9(3)13/h16H,5-6H2,1-4H3;4-5H,6H2,1-3H3;5-6,14H,1-4H3. The molecule has 0 amide bonds. The predicted molar refractivity (Wildman–Crippen MR) is 183 cm³/mol. The first kappa shape index (κ1) is 35.2. The largest absolute Gasteiger partial charge is 0.446 e. The number of hydrogen-bond acceptors (Lipinski definition) is 6. The monoisotopic (exact) mass is 594 g/mol. The van der Waals surface area contributed by atoms with Crippen molar-refractivity contribution in [2.24, 2.45) is 0 Å². The molecule has 6 nitrogen and oxygen atoms in total.